The van der Waals surface area contributed by atoms with Gasteiger partial charge in [-0.1, -0.05) is 18.2 Å². The molecule has 20 heavy (non-hydrogen) atoms. The van der Waals surface area contributed by atoms with Crippen LogP contribution >= 0.6 is 0 Å². The van der Waals surface area contributed by atoms with E-state index in [2.05, 4.69) is 10.1 Å². The van der Waals surface area contributed by atoms with Gasteiger partial charge in [0.25, 0.3) is 0 Å². The van der Waals surface area contributed by atoms with Crippen molar-refractivity contribution in [1.29, 1.82) is 0 Å². The molecule has 0 unspecified atom stereocenters. The highest BCUT2D eigenvalue weighted by Gasteiger charge is 2.13. The van der Waals surface area contributed by atoms with Gasteiger partial charge in [-0.25, -0.2) is 0 Å². The van der Waals surface area contributed by atoms with E-state index in [-0.39, 0.29) is 5.78 Å². The van der Waals surface area contributed by atoms with Crippen LogP contribution in [-0.2, 0) is 13.5 Å². The van der Waals surface area contributed by atoms with Crippen LogP contribution in [0.15, 0.2) is 42.6 Å². The highest BCUT2D eigenvalue weighted by atomic mass is 16.1. The molecule has 0 spiro atoms. The van der Waals surface area contributed by atoms with Crippen molar-refractivity contribution in [3.63, 3.8) is 0 Å². The predicted octanol–water partition coefficient (Wildman–Crippen LogP) is 2.70. The normalized spacial score (nSPS) is 10.9. The lowest BCUT2D eigenvalue weighted by atomic mass is 10.1. The Hall–Kier alpha value is -2.49. The molecule has 100 valence electrons. The van der Waals surface area contributed by atoms with Crippen molar-refractivity contribution in [2.45, 2.75) is 13.3 Å². The van der Waals surface area contributed by atoms with Crippen LogP contribution in [0.1, 0.15) is 21.7 Å². The number of carbonyl (C=O) groups is 1. The number of ketones is 1. The molecule has 2 heterocycles. The summed E-state index contributed by atoms with van der Waals surface area (Å²) >= 11 is 0. The van der Waals surface area contributed by atoms with Crippen molar-refractivity contribution in [1.82, 2.24) is 14.8 Å². The van der Waals surface area contributed by atoms with Crippen molar-refractivity contribution in [2.75, 3.05) is 0 Å². The molecule has 3 rings (SSSR count). The maximum absolute atomic E-state index is 12.3. The maximum Gasteiger partial charge on any atom is 0.170 e. The second kappa shape index (κ2) is 4.89. The molecule has 0 amide bonds. The third kappa shape index (κ3) is 2.20. The Bertz CT molecular complexity index is 772. The van der Waals surface area contributed by atoms with Crippen LogP contribution in [0.5, 0.6) is 0 Å². The van der Waals surface area contributed by atoms with Crippen LogP contribution in [0.4, 0.5) is 0 Å². The lowest BCUT2D eigenvalue weighted by Gasteiger charge is -1.99. The highest BCUT2D eigenvalue weighted by molar-refractivity contribution is 5.99. The topological polar surface area (TPSA) is 47.8 Å². The smallest absolute Gasteiger partial charge is 0.170 e. The van der Waals surface area contributed by atoms with Crippen LogP contribution < -0.4 is 0 Å². The number of aromatic nitrogens is 3. The minimum Gasteiger partial charge on any atom is -0.294 e. The minimum absolute atomic E-state index is 0.0429. The van der Waals surface area contributed by atoms with Crippen molar-refractivity contribution >= 4 is 16.7 Å². The van der Waals surface area contributed by atoms with Gasteiger partial charge in [0.05, 0.1) is 17.6 Å². The molecular weight excluding hydrogens is 250 g/mol. The molecule has 0 aliphatic rings. The van der Waals surface area contributed by atoms with E-state index in [1.54, 1.807) is 6.20 Å². The number of para-hydroxylation sites is 1. The number of pyridine rings is 1. The fourth-order valence-electron chi connectivity index (χ4n) is 2.31. The zero-order valence-electron chi connectivity index (χ0n) is 11.5. The summed E-state index contributed by atoms with van der Waals surface area (Å²) in [4.78, 5) is 16.5. The summed E-state index contributed by atoms with van der Waals surface area (Å²) in [7, 11) is 1.89. The lowest BCUT2D eigenvalue weighted by Crippen LogP contribution is -2.05. The number of Topliss-reactive ketones (excluding diaryl/α,β-unsaturated/α-hetero) is 1. The summed E-state index contributed by atoms with van der Waals surface area (Å²) in [6, 6.07) is 11.6. The molecule has 0 saturated carbocycles. The summed E-state index contributed by atoms with van der Waals surface area (Å²) in [5.41, 5.74) is 3.39. The second-order valence-corrected chi connectivity index (χ2v) is 4.88. The van der Waals surface area contributed by atoms with E-state index in [4.69, 9.17) is 0 Å². The van der Waals surface area contributed by atoms with E-state index in [0.29, 0.717) is 12.0 Å². The first-order chi connectivity index (χ1) is 9.65. The van der Waals surface area contributed by atoms with Crippen LogP contribution in [0, 0.1) is 6.92 Å². The molecule has 0 fully saturated rings. The first kappa shape index (κ1) is 12.5. The molecule has 0 N–H and O–H groups in total. The van der Waals surface area contributed by atoms with Crippen LogP contribution in [-0.4, -0.2) is 20.5 Å². The van der Waals surface area contributed by atoms with Crippen LogP contribution in [0.3, 0.4) is 0 Å². The molecule has 0 radical (unpaired) electrons. The summed E-state index contributed by atoms with van der Waals surface area (Å²) in [6.45, 7) is 1.90. The average molecular weight is 265 g/mol. The Kier molecular flexibility index (Phi) is 3.06. The van der Waals surface area contributed by atoms with Gasteiger partial charge in [0, 0.05) is 29.9 Å². The Labute approximate surface area is 117 Å². The Morgan fingerprint density at radius 2 is 2.00 bits per heavy atom. The monoisotopic (exact) mass is 265 g/mol. The largest absolute Gasteiger partial charge is 0.294 e. The molecule has 2 aromatic heterocycles. The molecule has 4 nitrogen and oxygen atoms in total. The molecule has 0 saturated heterocycles. The fraction of sp³-hybridized carbons (Fsp3) is 0.188. The average Bonchev–Trinajstić information content (AvgIpc) is 2.77. The van der Waals surface area contributed by atoms with Gasteiger partial charge in [0.2, 0.25) is 0 Å². The van der Waals surface area contributed by atoms with Crippen molar-refractivity contribution < 1.29 is 4.79 Å². The van der Waals surface area contributed by atoms with Gasteiger partial charge in [-0.3, -0.25) is 14.5 Å². The third-order valence-corrected chi connectivity index (χ3v) is 3.40. The highest BCUT2D eigenvalue weighted by Crippen LogP contribution is 2.19. The van der Waals surface area contributed by atoms with Gasteiger partial charge < -0.3 is 0 Å². The maximum atomic E-state index is 12.3. The van der Waals surface area contributed by atoms with Crippen LogP contribution in [0.2, 0.25) is 0 Å². The van der Waals surface area contributed by atoms with Crippen molar-refractivity contribution in [3.8, 4) is 0 Å². The van der Waals surface area contributed by atoms with E-state index >= 15 is 0 Å². The molecule has 1 aromatic carbocycles. The zero-order chi connectivity index (χ0) is 14.1. The van der Waals surface area contributed by atoms with Gasteiger partial charge in [0.1, 0.15) is 0 Å². The number of hydrogen-bond donors (Lipinski definition) is 0. The number of aryl methyl sites for hydroxylation is 2. The number of nitrogens with zero attached hydrogens (tertiary/aromatic N) is 3. The number of benzene rings is 1. The number of rotatable bonds is 3. The molecule has 0 bridgehead atoms. The molecule has 0 atom stereocenters. The van der Waals surface area contributed by atoms with Gasteiger partial charge in [0.15, 0.2) is 5.78 Å². The number of hydrogen-bond acceptors (Lipinski definition) is 3. The Morgan fingerprint density at radius 1 is 1.20 bits per heavy atom. The second-order valence-electron chi connectivity index (χ2n) is 4.88. The van der Waals surface area contributed by atoms with E-state index in [1.165, 1.54) is 0 Å². The molecule has 3 aromatic rings. The van der Waals surface area contributed by atoms with Gasteiger partial charge in [-0.15, -0.1) is 0 Å². The molecule has 0 aliphatic heterocycles. The van der Waals surface area contributed by atoms with E-state index in [9.17, 15) is 4.79 Å². The summed E-state index contributed by atoms with van der Waals surface area (Å²) in [5, 5.41) is 5.48. The van der Waals surface area contributed by atoms with E-state index < -0.39 is 0 Å². The van der Waals surface area contributed by atoms with E-state index in [1.807, 2.05) is 55.1 Å². The Morgan fingerprint density at radius 3 is 2.75 bits per heavy atom. The van der Waals surface area contributed by atoms with Gasteiger partial charge >= 0.3 is 0 Å². The lowest BCUT2D eigenvalue weighted by molar-refractivity contribution is 0.0991. The van der Waals surface area contributed by atoms with Gasteiger partial charge in [-0.2, -0.15) is 5.10 Å². The number of fused-ring (bicyclic) bond motifs is 1. The molecule has 0 aliphatic carbocycles. The van der Waals surface area contributed by atoms with Crippen molar-refractivity contribution in [3.05, 3.63) is 59.5 Å². The first-order valence-electron chi connectivity index (χ1n) is 6.51. The first-order valence-corrected chi connectivity index (χ1v) is 6.51. The Balaban J connectivity index is 1.93. The van der Waals surface area contributed by atoms with Crippen LogP contribution in [0.25, 0.3) is 10.9 Å². The SMILES string of the molecule is Cc1ccc(C(=O)Cc2nn(C)c3ccccc23)cn1. The molecular formula is C16H15N3O. The summed E-state index contributed by atoms with van der Waals surface area (Å²) in [5.74, 6) is 0.0429. The van der Waals surface area contributed by atoms with E-state index in [0.717, 1.165) is 22.3 Å². The third-order valence-electron chi connectivity index (χ3n) is 3.40. The summed E-state index contributed by atoms with van der Waals surface area (Å²) in [6.07, 6.45) is 1.93. The summed E-state index contributed by atoms with van der Waals surface area (Å²) < 4.78 is 1.81. The van der Waals surface area contributed by atoms with Gasteiger partial charge in [-0.05, 0) is 25.1 Å². The van der Waals surface area contributed by atoms with Crippen molar-refractivity contribution in [2.24, 2.45) is 7.05 Å². The quantitative estimate of drug-likeness (QED) is 0.684. The zero-order valence-corrected chi connectivity index (χ0v) is 11.5. The standard InChI is InChI=1S/C16H15N3O/c1-11-7-8-12(10-17-11)16(20)9-14-13-5-3-4-6-15(13)19(2)18-14/h3-8,10H,9H2,1-2H3. The minimum atomic E-state index is 0.0429. The molecule has 4 heteroatoms. The fourth-order valence-corrected chi connectivity index (χ4v) is 2.31. The number of carbonyl (C=O) groups excluding carboxylic acids is 1. The predicted molar refractivity (Wildman–Crippen MR) is 77.7 cm³/mol.